The molecule has 0 aliphatic carbocycles. The van der Waals surface area contributed by atoms with Crippen molar-refractivity contribution in [2.45, 2.75) is 32.0 Å². The van der Waals surface area contributed by atoms with Crippen molar-refractivity contribution in [1.82, 2.24) is 14.3 Å². The minimum Gasteiger partial charge on any atom is -0.466 e. The number of hydrogen-bond donors (Lipinski definition) is 0. The molecule has 0 N–H and O–H groups in total. The van der Waals surface area contributed by atoms with Crippen LogP contribution in [0, 0.1) is 6.92 Å². The molecule has 0 fully saturated rings. The lowest BCUT2D eigenvalue weighted by atomic mass is 9.93. The number of benzene rings is 2. The molecule has 8 heteroatoms. The quantitative estimate of drug-likeness (QED) is 0.457. The number of halogens is 1. The number of rotatable bonds is 2. The summed E-state index contributed by atoms with van der Waals surface area (Å²) in [6.07, 6.45) is 2.45. The van der Waals surface area contributed by atoms with Crippen LogP contribution in [0.5, 0.6) is 5.75 Å². The summed E-state index contributed by atoms with van der Waals surface area (Å²) in [6, 6.07) is 17.5. The number of nitrogens with zero attached hydrogens (tertiary/aromatic N) is 4. The van der Waals surface area contributed by atoms with Crippen LogP contribution in [0.25, 0.3) is 11.8 Å². The lowest BCUT2D eigenvalue weighted by Gasteiger charge is -2.39. The number of para-hydroxylation sites is 2. The predicted molar refractivity (Wildman–Crippen MR) is 124 cm³/mol. The van der Waals surface area contributed by atoms with Gasteiger partial charge in [0.15, 0.2) is 4.80 Å². The van der Waals surface area contributed by atoms with Gasteiger partial charge in [-0.05, 0) is 38.1 Å². The number of aromatic nitrogens is 3. The summed E-state index contributed by atoms with van der Waals surface area (Å²) in [7, 11) is 0. The fourth-order valence-electron chi connectivity index (χ4n) is 4.48. The average Bonchev–Trinajstić information content (AvgIpc) is 3.24. The molecule has 6 rings (SSSR count). The zero-order valence-electron chi connectivity index (χ0n) is 17.4. The molecule has 0 spiro atoms. The Hall–Kier alpha value is -3.16. The van der Waals surface area contributed by atoms with E-state index in [9.17, 15) is 4.79 Å². The molecule has 6 nitrogen and oxygen atoms in total. The third kappa shape index (κ3) is 2.88. The van der Waals surface area contributed by atoms with E-state index in [0.717, 1.165) is 28.3 Å². The highest BCUT2D eigenvalue weighted by Crippen LogP contribution is 2.42. The fourth-order valence-corrected chi connectivity index (χ4v) is 5.92. The number of ether oxygens (including phenoxy) is 1. The molecule has 32 heavy (non-hydrogen) atoms. The van der Waals surface area contributed by atoms with E-state index in [-0.39, 0.29) is 11.6 Å². The summed E-state index contributed by atoms with van der Waals surface area (Å²) in [6.45, 7) is 3.86. The summed E-state index contributed by atoms with van der Waals surface area (Å²) in [5.41, 5.74) is 2.62. The van der Waals surface area contributed by atoms with Crippen LogP contribution in [-0.4, -0.2) is 20.1 Å². The van der Waals surface area contributed by atoms with Gasteiger partial charge in [0.2, 0.25) is 5.72 Å². The minimum atomic E-state index is -0.681. The Morgan fingerprint density at radius 2 is 1.94 bits per heavy atom. The van der Waals surface area contributed by atoms with E-state index in [1.165, 1.54) is 11.3 Å². The van der Waals surface area contributed by atoms with Gasteiger partial charge in [-0.2, -0.15) is 5.10 Å². The molecule has 4 heterocycles. The molecule has 0 saturated heterocycles. The Morgan fingerprint density at radius 3 is 2.75 bits per heavy atom. The number of aryl methyl sites for hydroxylation is 1. The monoisotopic (exact) mass is 462 g/mol. The maximum absolute atomic E-state index is 13.5. The fraction of sp³-hybridized carbons (Fsp3) is 0.208. The van der Waals surface area contributed by atoms with Gasteiger partial charge in [-0.25, -0.2) is 9.67 Å². The Labute approximate surface area is 192 Å². The highest BCUT2D eigenvalue weighted by molar-refractivity contribution is 7.07. The van der Waals surface area contributed by atoms with E-state index < -0.39 is 5.72 Å². The second-order valence-electron chi connectivity index (χ2n) is 8.25. The van der Waals surface area contributed by atoms with Gasteiger partial charge in [-0.15, -0.1) is 0 Å². The van der Waals surface area contributed by atoms with Gasteiger partial charge in [0.25, 0.3) is 5.56 Å². The van der Waals surface area contributed by atoms with Crippen LogP contribution in [-0.2, 0) is 0 Å². The van der Waals surface area contributed by atoms with E-state index in [0.29, 0.717) is 20.9 Å². The zero-order valence-corrected chi connectivity index (χ0v) is 19.0. The molecular weight excluding hydrogens is 444 g/mol. The molecule has 2 aromatic heterocycles. The molecule has 2 bridgehead atoms. The summed E-state index contributed by atoms with van der Waals surface area (Å²) in [5, 5.41) is 5.06. The second kappa shape index (κ2) is 6.92. The second-order valence-corrected chi connectivity index (χ2v) is 9.62. The molecule has 2 unspecified atom stereocenters. The molecule has 0 saturated carbocycles. The first-order valence-electron chi connectivity index (χ1n) is 10.3. The van der Waals surface area contributed by atoms with E-state index in [2.05, 4.69) is 5.10 Å². The van der Waals surface area contributed by atoms with Gasteiger partial charge >= 0.3 is 0 Å². The molecule has 2 atom stereocenters. The normalized spacial score (nSPS) is 21.5. The highest BCUT2D eigenvalue weighted by Gasteiger charge is 2.42. The number of hydrogen-bond acceptors (Lipinski definition) is 5. The SMILES string of the molecule is Cc1nn(-c2ccccc2)c(Cl)c1/C=c1\sc2n(c1=O)C1CC(C)(N=2)Oc2ccccc21. The van der Waals surface area contributed by atoms with Gasteiger partial charge < -0.3 is 4.74 Å². The van der Waals surface area contributed by atoms with Crippen LogP contribution < -0.4 is 19.6 Å². The standard InChI is InChI=1S/C24H19ClN4O2S/c1-14-17(21(25)29(27-14)15-8-4-3-5-9-15)12-20-22(30)28-18-13-24(2,26-23(28)32-20)31-19-11-7-6-10-16(18)19/h3-12,18H,13H2,1-2H3/b20-12-. The van der Waals surface area contributed by atoms with Gasteiger partial charge in [-0.3, -0.25) is 9.36 Å². The summed E-state index contributed by atoms with van der Waals surface area (Å²) < 4.78 is 10.3. The first-order valence-corrected chi connectivity index (χ1v) is 11.5. The molecule has 4 aromatic rings. The maximum Gasteiger partial charge on any atom is 0.270 e. The zero-order chi connectivity index (χ0) is 22.0. The minimum absolute atomic E-state index is 0.0690. The first-order chi connectivity index (χ1) is 15.4. The highest BCUT2D eigenvalue weighted by atomic mass is 35.5. The van der Waals surface area contributed by atoms with Crippen molar-refractivity contribution in [1.29, 1.82) is 0 Å². The first kappa shape index (κ1) is 19.5. The summed E-state index contributed by atoms with van der Waals surface area (Å²) in [4.78, 5) is 19.0. The van der Waals surface area contributed by atoms with Crippen molar-refractivity contribution in [3.05, 3.63) is 96.3 Å². The molecule has 0 amide bonds. The van der Waals surface area contributed by atoms with Crippen molar-refractivity contribution in [3.8, 4) is 11.4 Å². The smallest absolute Gasteiger partial charge is 0.270 e. The van der Waals surface area contributed by atoms with E-state index in [4.69, 9.17) is 21.3 Å². The molecule has 2 aliphatic heterocycles. The van der Waals surface area contributed by atoms with Crippen LogP contribution in [0.2, 0.25) is 5.15 Å². The average molecular weight is 463 g/mol. The Morgan fingerprint density at radius 1 is 1.19 bits per heavy atom. The molecule has 2 aliphatic rings. The Balaban J connectivity index is 1.54. The summed E-state index contributed by atoms with van der Waals surface area (Å²) in [5.74, 6) is 0.785. The van der Waals surface area contributed by atoms with Crippen molar-refractivity contribution in [3.63, 3.8) is 0 Å². The third-order valence-corrected chi connectivity index (χ3v) is 7.33. The number of thiazole rings is 1. The van der Waals surface area contributed by atoms with Crippen LogP contribution in [0.1, 0.15) is 36.2 Å². The molecule has 2 aromatic carbocycles. The Kier molecular flexibility index (Phi) is 4.22. The molecule has 0 radical (unpaired) electrons. The van der Waals surface area contributed by atoms with Crippen molar-refractivity contribution < 1.29 is 4.74 Å². The lowest BCUT2D eigenvalue weighted by molar-refractivity contribution is 0.0410. The van der Waals surface area contributed by atoms with Crippen LogP contribution in [0.15, 0.2) is 64.4 Å². The van der Waals surface area contributed by atoms with Crippen molar-refractivity contribution in [2.24, 2.45) is 4.99 Å². The number of fused-ring (bicyclic) bond motifs is 6. The van der Waals surface area contributed by atoms with Gasteiger partial charge in [-0.1, -0.05) is 59.3 Å². The Bertz CT molecular complexity index is 1550. The van der Waals surface area contributed by atoms with Crippen molar-refractivity contribution >= 4 is 29.0 Å². The lowest BCUT2D eigenvalue weighted by Crippen LogP contribution is -2.49. The molecular formula is C24H19ClN4O2S. The van der Waals surface area contributed by atoms with Crippen LogP contribution in [0.3, 0.4) is 0 Å². The maximum atomic E-state index is 13.5. The largest absolute Gasteiger partial charge is 0.466 e. The summed E-state index contributed by atoms with van der Waals surface area (Å²) >= 11 is 8.05. The van der Waals surface area contributed by atoms with Crippen molar-refractivity contribution in [2.75, 3.05) is 0 Å². The van der Waals surface area contributed by atoms with Gasteiger partial charge in [0.05, 0.1) is 22.0 Å². The third-order valence-electron chi connectivity index (χ3n) is 5.98. The predicted octanol–water partition coefficient (Wildman–Crippen LogP) is 3.61. The van der Waals surface area contributed by atoms with E-state index >= 15 is 0 Å². The van der Waals surface area contributed by atoms with E-state index in [1.807, 2.05) is 74.5 Å². The van der Waals surface area contributed by atoms with Crippen LogP contribution >= 0.6 is 22.9 Å². The molecule has 160 valence electrons. The van der Waals surface area contributed by atoms with Crippen LogP contribution in [0.4, 0.5) is 0 Å². The van der Waals surface area contributed by atoms with Gasteiger partial charge in [0, 0.05) is 17.5 Å². The topological polar surface area (TPSA) is 61.4 Å². The van der Waals surface area contributed by atoms with E-state index in [1.54, 1.807) is 9.25 Å². The van der Waals surface area contributed by atoms with Gasteiger partial charge in [0.1, 0.15) is 10.9 Å².